The lowest BCUT2D eigenvalue weighted by molar-refractivity contribution is 0.256. The summed E-state index contributed by atoms with van der Waals surface area (Å²) in [4.78, 5) is 0. The van der Waals surface area contributed by atoms with Gasteiger partial charge >= 0.3 is 0 Å². The molecule has 2 saturated carbocycles. The molecule has 2 rings (SSSR count). The molecular formula is C13H23IS. The fourth-order valence-corrected chi connectivity index (χ4v) is 6.78. The van der Waals surface area contributed by atoms with Crippen LogP contribution in [0.4, 0.5) is 0 Å². The molecule has 0 atom stereocenters. The molecule has 0 aromatic rings. The molecule has 0 bridgehead atoms. The van der Waals surface area contributed by atoms with Gasteiger partial charge in [0, 0.05) is 5.25 Å². The van der Waals surface area contributed by atoms with Gasteiger partial charge in [0.2, 0.25) is 0 Å². The first kappa shape index (κ1) is 12.5. The Hall–Kier alpha value is 1.08. The van der Waals surface area contributed by atoms with Gasteiger partial charge in [-0.2, -0.15) is 0 Å². The molecule has 0 heterocycles. The van der Waals surface area contributed by atoms with Gasteiger partial charge in [-0.3, -0.25) is 0 Å². The van der Waals surface area contributed by atoms with Crippen LogP contribution in [0.1, 0.15) is 64.2 Å². The van der Waals surface area contributed by atoms with E-state index in [9.17, 15) is 0 Å². The van der Waals surface area contributed by atoms with E-state index in [1.807, 2.05) is 0 Å². The average Bonchev–Trinajstić information content (AvgIpc) is 2.33. The van der Waals surface area contributed by atoms with Gasteiger partial charge in [-0.05, 0) is 58.7 Å². The van der Waals surface area contributed by atoms with Gasteiger partial charge in [-0.15, -0.1) is 0 Å². The van der Waals surface area contributed by atoms with Crippen molar-refractivity contribution in [2.24, 2.45) is 11.8 Å². The molecule has 2 heteroatoms. The summed E-state index contributed by atoms with van der Waals surface area (Å²) in [7, 11) is 2.15. The molecule has 0 spiro atoms. The van der Waals surface area contributed by atoms with Gasteiger partial charge in [0.05, 0.1) is 0 Å². The Bertz CT molecular complexity index is 153. The molecule has 0 unspecified atom stereocenters. The second-order valence-corrected chi connectivity index (χ2v) is 7.60. The molecule has 0 radical (unpaired) electrons. The van der Waals surface area contributed by atoms with Crippen LogP contribution < -0.4 is 0 Å². The van der Waals surface area contributed by atoms with E-state index in [4.69, 9.17) is 0 Å². The topological polar surface area (TPSA) is 0 Å². The molecule has 2 aliphatic carbocycles. The predicted octanol–water partition coefficient (Wildman–Crippen LogP) is 5.60. The monoisotopic (exact) mass is 338 g/mol. The molecule has 0 saturated heterocycles. The third-order valence-corrected chi connectivity index (χ3v) is 7.07. The van der Waals surface area contributed by atoms with E-state index in [-0.39, 0.29) is 0 Å². The highest BCUT2D eigenvalue weighted by Gasteiger charge is 2.31. The Morgan fingerprint density at radius 3 is 1.47 bits per heavy atom. The minimum absolute atomic E-state index is 0.992. The average molecular weight is 338 g/mol. The fourth-order valence-electron chi connectivity index (χ4n) is 3.46. The van der Waals surface area contributed by atoms with Crippen molar-refractivity contribution >= 4 is 30.1 Å². The van der Waals surface area contributed by atoms with E-state index in [0.29, 0.717) is 0 Å². The Kier molecular flexibility index (Phi) is 5.62. The zero-order valence-corrected chi connectivity index (χ0v) is 12.6. The molecule has 88 valence electrons. The van der Waals surface area contributed by atoms with E-state index >= 15 is 0 Å². The standard InChI is InChI=1S/C13H23IS/c14-15-13(11-7-3-1-4-8-11)12-9-5-2-6-10-12/h11-13H,1-10H2. The van der Waals surface area contributed by atoms with Crippen LogP contribution in [-0.4, -0.2) is 5.25 Å². The molecule has 0 aromatic carbocycles. The van der Waals surface area contributed by atoms with E-state index in [0.717, 1.165) is 17.1 Å². The van der Waals surface area contributed by atoms with Crippen LogP contribution in [0.15, 0.2) is 0 Å². The third kappa shape index (κ3) is 3.52. The third-order valence-electron chi connectivity index (χ3n) is 4.33. The summed E-state index contributed by atoms with van der Waals surface area (Å²) in [5.41, 5.74) is 0. The molecule has 15 heavy (non-hydrogen) atoms. The second-order valence-electron chi connectivity index (χ2n) is 5.35. The maximum Gasteiger partial charge on any atom is 0.0204 e. The van der Waals surface area contributed by atoms with Crippen molar-refractivity contribution in [3.63, 3.8) is 0 Å². The highest BCUT2D eigenvalue weighted by molar-refractivity contribution is 14.2. The first-order valence-electron chi connectivity index (χ1n) is 6.69. The molecule has 0 amide bonds. The molecule has 0 N–H and O–H groups in total. The maximum atomic E-state index is 2.57. The zero-order chi connectivity index (χ0) is 10.5. The van der Waals surface area contributed by atoms with Crippen molar-refractivity contribution < 1.29 is 0 Å². The van der Waals surface area contributed by atoms with E-state index < -0.39 is 0 Å². The van der Waals surface area contributed by atoms with Gasteiger partial charge < -0.3 is 0 Å². The smallest absolute Gasteiger partial charge is 0.0204 e. The maximum absolute atomic E-state index is 2.57. The van der Waals surface area contributed by atoms with Crippen molar-refractivity contribution in [2.75, 3.05) is 0 Å². The van der Waals surface area contributed by atoms with E-state index in [1.165, 1.54) is 64.2 Å². The Morgan fingerprint density at radius 2 is 1.13 bits per heavy atom. The Labute approximate surface area is 111 Å². The van der Waals surface area contributed by atoms with E-state index in [1.54, 1.807) is 0 Å². The van der Waals surface area contributed by atoms with Crippen LogP contribution in [0.2, 0.25) is 0 Å². The summed E-state index contributed by atoms with van der Waals surface area (Å²) in [6.45, 7) is 0. The van der Waals surface area contributed by atoms with Crippen molar-refractivity contribution in [1.29, 1.82) is 0 Å². The Balaban J connectivity index is 1.88. The van der Waals surface area contributed by atoms with Gasteiger partial charge in [-0.1, -0.05) is 47.5 Å². The molecule has 0 aromatic heterocycles. The van der Waals surface area contributed by atoms with Crippen LogP contribution in [0.25, 0.3) is 0 Å². The van der Waals surface area contributed by atoms with Crippen LogP contribution in [0, 0.1) is 11.8 Å². The number of hydrogen-bond acceptors (Lipinski definition) is 1. The van der Waals surface area contributed by atoms with Crippen LogP contribution in [0.5, 0.6) is 0 Å². The highest BCUT2D eigenvalue weighted by Crippen LogP contribution is 2.43. The molecular weight excluding hydrogens is 315 g/mol. The number of halogens is 1. The summed E-state index contributed by atoms with van der Waals surface area (Å²) in [6.07, 6.45) is 15.1. The van der Waals surface area contributed by atoms with Crippen molar-refractivity contribution in [3.8, 4) is 0 Å². The fraction of sp³-hybridized carbons (Fsp3) is 1.00. The Morgan fingerprint density at radius 1 is 0.733 bits per heavy atom. The molecule has 2 aliphatic rings. The van der Waals surface area contributed by atoms with Crippen molar-refractivity contribution in [2.45, 2.75) is 69.5 Å². The highest BCUT2D eigenvalue weighted by atomic mass is 127. The summed E-state index contributed by atoms with van der Waals surface area (Å²) in [5, 5.41) is 0.992. The van der Waals surface area contributed by atoms with E-state index in [2.05, 4.69) is 30.1 Å². The lowest BCUT2D eigenvalue weighted by Gasteiger charge is -2.36. The normalized spacial score (nSPS) is 26.0. The van der Waals surface area contributed by atoms with Crippen LogP contribution in [-0.2, 0) is 0 Å². The molecule has 0 aliphatic heterocycles. The largest absolute Gasteiger partial charge is 0.0854 e. The summed E-state index contributed by atoms with van der Waals surface area (Å²) < 4.78 is 0. The lowest BCUT2D eigenvalue weighted by Crippen LogP contribution is -2.28. The SMILES string of the molecule is ISC(C1CCCCC1)C1CCCCC1. The minimum Gasteiger partial charge on any atom is -0.0854 e. The summed E-state index contributed by atoms with van der Waals surface area (Å²) in [5.74, 6) is 2.12. The van der Waals surface area contributed by atoms with Crippen molar-refractivity contribution in [1.82, 2.24) is 0 Å². The summed E-state index contributed by atoms with van der Waals surface area (Å²) in [6, 6.07) is 0. The van der Waals surface area contributed by atoms with Gasteiger partial charge in [-0.25, -0.2) is 0 Å². The van der Waals surface area contributed by atoms with Gasteiger partial charge in [0.25, 0.3) is 0 Å². The lowest BCUT2D eigenvalue weighted by atomic mass is 9.77. The first-order valence-corrected chi connectivity index (χ1v) is 10.1. The number of hydrogen-bond donors (Lipinski definition) is 0. The number of rotatable bonds is 3. The molecule has 0 nitrogen and oxygen atoms in total. The minimum atomic E-state index is 0.992. The molecule has 2 fully saturated rings. The predicted molar refractivity (Wildman–Crippen MR) is 78.5 cm³/mol. The second kappa shape index (κ2) is 6.73. The summed E-state index contributed by atoms with van der Waals surface area (Å²) >= 11 is 2.57. The van der Waals surface area contributed by atoms with Gasteiger partial charge in [0.1, 0.15) is 0 Å². The quantitative estimate of drug-likeness (QED) is 0.604. The van der Waals surface area contributed by atoms with Crippen LogP contribution >= 0.6 is 30.1 Å². The zero-order valence-electron chi connectivity index (χ0n) is 9.59. The van der Waals surface area contributed by atoms with Gasteiger partial charge in [0.15, 0.2) is 0 Å². The van der Waals surface area contributed by atoms with Crippen molar-refractivity contribution in [3.05, 3.63) is 0 Å². The van der Waals surface area contributed by atoms with Crippen LogP contribution in [0.3, 0.4) is 0 Å². The first-order chi connectivity index (χ1) is 7.42.